The zero-order valence-electron chi connectivity index (χ0n) is 11.7. The van der Waals surface area contributed by atoms with E-state index in [-0.39, 0.29) is 23.6 Å². The van der Waals surface area contributed by atoms with Gasteiger partial charge in [0, 0.05) is 18.2 Å². The fourth-order valence-corrected chi connectivity index (χ4v) is 1.59. The second kappa shape index (κ2) is 5.99. The molecule has 0 bridgehead atoms. The summed E-state index contributed by atoms with van der Waals surface area (Å²) in [5.74, 6) is 0.248. The van der Waals surface area contributed by atoms with E-state index < -0.39 is 4.92 Å². The molecule has 0 aliphatic heterocycles. The number of hydrogen-bond acceptors (Lipinski definition) is 5. The van der Waals surface area contributed by atoms with Crippen molar-refractivity contribution in [1.82, 2.24) is 4.90 Å². The van der Waals surface area contributed by atoms with E-state index in [2.05, 4.69) is 0 Å². The number of likely N-dealkylation sites (N-methyl/N-ethyl adjacent to an activating group) is 1. The van der Waals surface area contributed by atoms with E-state index >= 15 is 0 Å². The van der Waals surface area contributed by atoms with Crippen molar-refractivity contribution in [2.24, 2.45) is 0 Å². The summed E-state index contributed by atoms with van der Waals surface area (Å²) in [5.41, 5.74) is 0.376. The Balaban J connectivity index is 2.97. The molecule has 0 unspecified atom stereocenters. The van der Waals surface area contributed by atoms with Gasteiger partial charge in [0.15, 0.2) is 5.75 Å². The number of aliphatic hydroxyl groups is 1. The minimum absolute atomic E-state index is 0.0156. The van der Waals surface area contributed by atoms with Crippen LogP contribution in [0.3, 0.4) is 0 Å². The van der Waals surface area contributed by atoms with Crippen LogP contribution in [0.4, 0.5) is 5.69 Å². The summed E-state index contributed by atoms with van der Waals surface area (Å²) in [6.45, 7) is 4.34. The zero-order valence-corrected chi connectivity index (χ0v) is 11.7. The van der Waals surface area contributed by atoms with Crippen LogP contribution in [0.15, 0.2) is 18.2 Å². The molecule has 1 N–H and O–H groups in total. The smallest absolute Gasteiger partial charge is 0.311 e. The Hall–Kier alpha value is -1.66. The molecule has 0 saturated heterocycles. The summed E-state index contributed by atoms with van der Waals surface area (Å²) >= 11 is 0. The highest BCUT2D eigenvalue weighted by Crippen LogP contribution is 2.28. The highest BCUT2D eigenvalue weighted by Gasteiger charge is 2.23. The standard InChI is InChI=1S/C13H20N2O4/c1-13(2,9-16)14(3)8-10-5-6-12(19-4)11(7-10)15(17)18/h5-7,16H,8-9H2,1-4H3. The molecule has 0 radical (unpaired) electrons. The van der Waals surface area contributed by atoms with E-state index in [0.29, 0.717) is 6.54 Å². The fraction of sp³-hybridized carbons (Fsp3) is 0.538. The number of ether oxygens (including phenoxy) is 1. The van der Waals surface area contributed by atoms with Gasteiger partial charge in [-0.25, -0.2) is 0 Å². The number of nitrogens with zero attached hydrogens (tertiary/aromatic N) is 2. The molecule has 1 aromatic rings. The molecule has 6 heteroatoms. The molecular formula is C13H20N2O4. The third-order valence-corrected chi connectivity index (χ3v) is 3.28. The number of aliphatic hydroxyl groups excluding tert-OH is 1. The highest BCUT2D eigenvalue weighted by molar-refractivity contribution is 5.48. The van der Waals surface area contributed by atoms with Crippen LogP contribution in [0.2, 0.25) is 0 Å². The van der Waals surface area contributed by atoms with Gasteiger partial charge < -0.3 is 9.84 Å². The largest absolute Gasteiger partial charge is 0.490 e. The first-order valence-corrected chi connectivity index (χ1v) is 5.95. The van der Waals surface area contributed by atoms with E-state index in [1.807, 2.05) is 25.8 Å². The van der Waals surface area contributed by atoms with Gasteiger partial charge in [0.2, 0.25) is 0 Å². The van der Waals surface area contributed by atoms with Crippen molar-refractivity contribution in [2.75, 3.05) is 20.8 Å². The first-order chi connectivity index (χ1) is 8.81. The van der Waals surface area contributed by atoms with Crippen LogP contribution in [0.25, 0.3) is 0 Å². The number of methoxy groups -OCH3 is 1. The first kappa shape index (κ1) is 15.4. The predicted molar refractivity (Wildman–Crippen MR) is 72.3 cm³/mol. The molecule has 0 amide bonds. The molecule has 1 rings (SSSR count). The lowest BCUT2D eigenvalue weighted by atomic mass is 10.0. The Morgan fingerprint density at radius 2 is 2.11 bits per heavy atom. The minimum Gasteiger partial charge on any atom is -0.490 e. The maximum atomic E-state index is 10.9. The molecule has 0 aliphatic rings. The lowest BCUT2D eigenvalue weighted by molar-refractivity contribution is -0.385. The molecule has 1 aromatic carbocycles. The molecule has 0 aliphatic carbocycles. The van der Waals surface area contributed by atoms with Gasteiger partial charge in [-0.3, -0.25) is 15.0 Å². The summed E-state index contributed by atoms with van der Waals surface area (Å²) in [5, 5.41) is 20.2. The Bertz CT molecular complexity index is 460. The maximum Gasteiger partial charge on any atom is 0.311 e. The number of hydrogen-bond donors (Lipinski definition) is 1. The van der Waals surface area contributed by atoms with Crippen molar-refractivity contribution in [3.05, 3.63) is 33.9 Å². The molecule has 0 saturated carbocycles. The van der Waals surface area contributed by atoms with Gasteiger partial charge in [0.25, 0.3) is 0 Å². The first-order valence-electron chi connectivity index (χ1n) is 5.95. The van der Waals surface area contributed by atoms with E-state index in [0.717, 1.165) is 5.56 Å². The van der Waals surface area contributed by atoms with Crippen LogP contribution in [-0.4, -0.2) is 41.2 Å². The number of rotatable bonds is 6. The van der Waals surface area contributed by atoms with Gasteiger partial charge in [-0.2, -0.15) is 0 Å². The zero-order chi connectivity index (χ0) is 14.6. The third kappa shape index (κ3) is 3.65. The van der Waals surface area contributed by atoms with E-state index in [1.165, 1.54) is 13.2 Å². The quantitative estimate of drug-likeness (QED) is 0.629. The van der Waals surface area contributed by atoms with E-state index in [4.69, 9.17) is 4.74 Å². The lowest BCUT2D eigenvalue weighted by Gasteiger charge is -2.33. The molecule has 0 heterocycles. The summed E-state index contributed by atoms with van der Waals surface area (Å²) in [7, 11) is 3.27. The predicted octanol–water partition coefficient (Wildman–Crippen LogP) is 1.81. The van der Waals surface area contributed by atoms with Crippen LogP contribution >= 0.6 is 0 Å². The monoisotopic (exact) mass is 268 g/mol. The Morgan fingerprint density at radius 1 is 1.47 bits per heavy atom. The average Bonchev–Trinajstić information content (AvgIpc) is 2.38. The van der Waals surface area contributed by atoms with Gasteiger partial charge in [0.1, 0.15) is 0 Å². The Morgan fingerprint density at radius 3 is 2.58 bits per heavy atom. The lowest BCUT2D eigenvalue weighted by Crippen LogP contribution is -2.43. The molecular weight excluding hydrogens is 248 g/mol. The summed E-state index contributed by atoms with van der Waals surface area (Å²) in [6, 6.07) is 4.88. The van der Waals surface area contributed by atoms with E-state index in [9.17, 15) is 15.2 Å². The molecule has 106 valence electrons. The number of nitro benzene ring substituents is 1. The molecule has 6 nitrogen and oxygen atoms in total. The van der Waals surface area contributed by atoms with Gasteiger partial charge in [0.05, 0.1) is 18.6 Å². The summed E-state index contributed by atoms with van der Waals surface area (Å²) in [4.78, 5) is 12.4. The van der Waals surface area contributed by atoms with Crippen molar-refractivity contribution >= 4 is 5.69 Å². The van der Waals surface area contributed by atoms with Crippen LogP contribution in [-0.2, 0) is 6.54 Å². The second-order valence-corrected chi connectivity index (χ2v) is 5.09. The number of nitro groups is 1. The van der Waals surface area contributed by atoms with Crippen LogP contribution in [0.5, 0.6) is 5.75 Å². The van der Waals surface area contributed by atoms with Gasteiger partial charge >= 0.3 is 5.69 Å². The third-order valence-electron chi connectivity index (χ3n) is 3.28. The molecule has 0 aromatic heterocycles. The van der Waals surface area contributed by atoms with Crippen molar-refractivity contribution in [2.45, 2.75) is 25.9 Å². The van der Waals surface area contributed by atoms with E-state index in [1.54, 1.807) is 12.1 Å². The molecule has 0 spiro atoms. The van der Waals surface area contributed by atoms with Crippen molar-refractivity contribution in [3.63, 3.8) is 0 Å². The minimum atomic E-state index is -0.459. The second-order valence-electron chi connectivity index (χ2n) is 5.09. The average molecular weight is 268 g/mol. The topological polar surface area (TPSA) is 75.8 Å². The van der Waals surface area contributed by atoms with Crippen LogP contribution < -0.4 is 4.74 Å². The highest BCUT2D eigenvalue weighted by atomic mass is 16.6. The Labute approximate surface area is 112 Å². The summed E-state index contributed by atoms with van der Waals surface area (Å²) < 4.78 is 4.96. The van der Waals surface area contributed by atoms with Gasteiger partial charge in [-0.05, 0) is 32.5 Å². The van der Waals surface area contributed by atoms with Crippen molar-refractivity contribution < 1.29 is 14.8 Å². The van der Waals surface area contributed by atoms with Crippen LogP contribution in [0, 0.1) is 10.1 Å². The molecule has 19 heavy (non-hydrogen) atoms. The SMILES string of the molecule is COc1ccc(CN(C)C(C)(C)CO)cc1[N+](=O)[O-]. The normalized spacial score (nSPS) is 11.7. The van der Waals surface area contributed by atoms with Gasteiger partial charge in [-0.15, -0.1) is 0 Å². The van der Waals surface area contributed by atoms with Crippen molar-refractivity contribution in [1.29, 1.82) is 0 Å². The maximum absolute atomic E-state index is 10.9. The Kier molecular flexibility index (Phi) is 4.85. The number of benzene rings is 1. The summed E-state index contributed by atoms with van der Waals surface area (Å²) in [6.07, 6.45) is 0. The fourth-order valence-electron chi connectivity index (χ4n) is 1.59. The van der Waals surface area contributed by atoms with Gasteiger partial charge in [-0.1, -0.05) is 6.07 Å². The molecule has 0 fully saturated rings. The van der Waals surface area contributed by atoms with Crippen LogP contribution in [0.1, 0.15) is 19.4 Å². The molecule has 0 atom stereocenters. The van der Waals surface area contributed by atoms with Crippen molar-refractivity contribution in [3.8, 4) is 5.75 Å².